The van der Waals surface area contributed by atoms with E-state index in [1.807, 2.05) is 18.7 Å². The van der Waals surface area contributed by atoms with Crippen LogP contribution >= 0.6 is 0 Å². The number of benzene rings is 1. The lowest BCUT2D eigenvalue weighted by atomic mass is 9.87. The molecule has 1 heterocycles. The Morgan fingerprint density at radius 3 is 2.41 bits per heavy atom. The van der Waals surface area contributed by atoms with Crippen molar-refractivity contribution in [2.75, 3.05) is 20.2 Å². The Balaban J connectivity index is 1.68. The molecule has 176 valence electrons. The fourth-order valence-electron chi connectivity index (χ4n) is 4.71. The maximum Gasteiger partial charge on any atom is 0.252 e. The van der Waals surface area contributed by atoms with Crippen LogP contribution in [0, 0.1) is 11.8 Å². The number of carbonyl (C=O) groups excluding carboxylic acids is 3. The number of piperidine rings is 1. The third-order valence-electron chi connectivity index (χ3n) is 6.93. The molecule has 1 aromatic rings. The van der Waals surface area contributed by atoms with Crippen molar-refractivity contribution < 1.29 is 19.1 Å². The number of nitrogens with one attached hydrogen (secondary N) is 2. The third-order valence-corrected chi connectivity index (χ3v) is 6.93. The number of hydrogen-bond acceptors (Lipinski definition) is 4. The predicted octanol–water partition coefficient (Wildman–Crippen LogP) is 3.14. The molecular weight excluding hydrogens is 406 g/mol. The summed E-state index contributed by atoms with van der Waals surface area (Å²) in [7, 11) is 1.56. The minimum Gasteiger partial charge on any atom is -0.497 e. The SMILES string of the molecule is CCC(C)NC(=O)C(NC(=O)c1cccc(OC)c1)C1CCN(C(=O)C2CCCC2)CC1. The van der Waals surface area contributed by atoms with E-state index in [0.29, 0.717) is 37.2 Å². The zero-order valence-corrected chi connectivity index (χ0v) is 19.6. The second kappa shape index (κ2) is 11.3. The first kappa shape index (κ1) is 24.1. The van der Waals surface area contributed by atoms with E-state index in [-0.39, 0.29) is 35.6 Å². The first-order valence-corrected chi connectivity index (χ1v) is 12.0. The highest BCUT2D eigenvalue weighted by Gasteiger charge is 2.36. The highest BCUT2D eigenvalue weighted by Crippen LogP contribution is 2.29. The standard InChI is InChI=1S/C25H37N3O4/c1-4-17(2)26-24(30)22(27-23(29)20-10-7-11-21(16-20)32-3)18-12-14-28(15-13-18)25(31)19-8-5-6-9-19/h7,10-11,16-19,22H,4-6,8-9,12-15H2,1-3H3,(H,26,30)(H,27,29). The van der Waals surface area contributed by atoms with Crippen LogP contribution in [0.5, 0.6) is 5.75 Å². The summed E-state index contributed by atoms with van der Waals surface area (Å²) in [4.78, 5) is 40.8. The van der Waals surface area contributed by atoms with Crippen LogP contribution < -0.4 is 15.4 Å². The highest BCUT2D eigenvalue weighted by molar-refractivity contribution is 5.98. The Labute approximate surface area is 191 Å². The van der Waals surface area contributed by atoms with E-state index >= 15 is 0 Å². The van der Waals surface area contributed by atoms with Crippen LogP contribution in [0.15, 0.2) is 24.3 Å². The second-order valence-corrected chi connectivity index (χ2v) is 9.15. The number of nitrogens with zero attached hydrogens (tertiary/aromatic N) is 1. The quantitative estimate of drug-likeness (QED) is 0.646. The van der Waals surface area contributed by atoms with Gasteiger partial charge in [0.15, 0.2) is 0 Å². The van der Waals surface area contributed by atoms with Crippen LogP contribution in [0.2, 0.25) is 0 Å². The van der Waals surface area contributed by atoms with Gasteiger partial charge in [-0.15, -0.1) is 0 Å². The molecule has 0 bridgehead atoms. The van der Waals surface area contributed by atoms with Crippen LogP contribution in [0.3, 0.4) is 0 Å². The van der Waals surface area contributed by atoms with Crippen LogP contribution in [-0.4, -0.2) is 54.9 Å². The summed E-state index contributed by atoms with van der Waals surface area (Å²) in [5, 5.41) is 6.00. The summed E-state index contributed by atoms with van der Waals surface area (Å²) in [6, 6.07) is 6.32. The topological polar surface area (TPSA) is 87.7 Å². The fraction of sp³-hybridized carbons (Fsp3) is 0.640. The molecule has 3 rings (SSSR count). The Morgan fingerprint density at radius 2 is 1.78 bits per heavy atom. The van der Waals surface area contributed by atoms with Gasteiger partial charge in [0.25, 0.3) is 5.91 Å². The molecule has 2 fully saturated rings. The molecule has 1 saturated heterocycles. The summed E-state index contributed by atoms with van der Waals surface area (Å²) in [5.41, 5.74) is 0.458. The van der Waals surface area contributed by atoms with E-state index in [1.54, 1.807) is 31.4 Å². The number of likely N-dealkylation sites (tertiary alicyclic amines) is 1. The van der Waals surface area contributed by atoms with Gasteiger partial charge in [-0.2, -0.15) is 0 Å². The van der Waals surface area contributed by atoms with Gasteiger partial charge in [-0.1, -0.05) is 25.8 Å². The van der Waals surface area contributed by atoms with Gasteiger partial charge >= 0.3 is 0 Å². The summed E-state index contributed by atoms with van der Waals surface area (Å²) >= 11 is 0. The van der Waals surface area contributed by atoms with Crippen LogP contribution in [0.25, 0.3) is 0 Å². The van der Waals surface area contributed by atoms with Gasteiger partial charge in [0, 0.05) is 30.6 Å². The van der Waals surface area contributed by atoms with Crippen LogP contribution in [0.4, 0.5) is 0 Å². The van der Waals surface area contributed by atoms with E-state index in [2.05, 4.69) is 10.6 Å². The zero-order chi connectivity index (χ0) is 23.1. The van der Waals surface area contributed by atoms with Crippen molar-refractivity contribution in [1.82, 2.24) is 15.5 Å². The predicted molar refractivity (Wildman–Crippen MR) is 123 cm³/mol. The molecule has 0 spiro atoms. The summed E-state index contributed by atoms with van der Waals surface area (Å²) in [6.45, 7) is 5.26. The molecule has 3 amide bonds. The van der Waals surface area contributed by atoms with Gasteiger partial charge in [-0.05, 0) is 63.1 Å². The smallest absolute Gasteiger partial charge is 0.252 e. The monoisotopic (exact) mass is 443 g/mol. The Morgan fingerprint density at radius 1 is 1.09 bits per heavy atom. The molecule has 0 radical (unpaired) electrons. The number of amides is 3. The first-order valence-electron chi connectivity index (χ1n) is 12.0. The van der Waals surface area contributed by atoms with E-state index in [4.69, 9.17) is 4.74 Å². The molecule has 2 unspecified atom stereocenters. The largest absolute Gasteiger partial charge is 0.497 e. The minimum atomic E-state index is -0.633. The van der Waals surface area contributed by atoms with E-state index in [1.165, 1.54) is 0 Å². The van der Waals surface area contributed by atoms with Crippen molar-refractivity contribution in [3.05, 3.63) is 29.8 Å². The Kier molecular flexibility index (Phi) is 8.53. The molecule has 1 aliphatic carbocycles. The molecule has 2 N–H and O–H groups in total. The molecule has 1 aliphatic heterocycles. The first-order chi connectivity index (χ1) is 15.4. The normalized spacial score (nSPS) is 19.3. The van der Waals surface area contributed by atoms with Gasteiger partial charge in [-0.25, -0.2) is 0 Å². The number of carbonyl (C=O) groups is 3. The summed E-state index contributed by atoms with van der Waals surface area (Å²) in [6.07, 6.45) is 6.49. The lowest BCUT2D eigenvalue weighted by molar-refractivity contribution is -0.137. The molecule has 7 heteroatoms. The number of methoxy groups -OCH3 is 1. The molecule has 1 saturated carbocycles. The van der Waals surface area contributed by atoms with Gasteiger partial charge in [0.2, 0.25) is 11.8 Å². The van der Waals surface area contributed by atoms with Crippen molar-refractivity contribution in [3.8, 4) is 5.75 Å². The number of rotatable bonds is 8. The van der Waals surface area contributed by atoms with Gasteiger partial charge < -0.3 is 20.3 Å². The van der Waals surface area contributed by atoms with Gasteiger partial charge in [0.1, 0.15) is 11.8 Å². The van der Waals surface area contributed by atoms with Crippen molar-refractivity contribution >= 4 is 17.7 Å². The van der Waals surface area contributed by atoms with Gasteiger partial charge in [-0.3, -0.25) is 14.4 Å². The van der Waals surface area contributed by atoms with Crippen LogP contribution in [-0.2, 0) is 9.59 Å². The molecule has 0 aromatic heterocycles. The van der Waals surface area contributed by atoms with E-state index < -0.39 is 6.04 Å². The lowest BCUT2D eigenvalue weighted by Gasteiger charge is -2.37. The zero-order valence-electron chi connectivity index (χ0n) is 19.6. The number of hydrogen-bond donors (Lipinski definition) is 2. The van der Waals surface area contributed by atoms with E-state index in [9.17, 15) is 14.4 Å². The molecule has 7 nitrogen and oxygen atoms in total. The second-order valence-electron chi connectivity index (χ2n) is 9.15. The average molecular weight is 444 g/mol. The Bertz CT molecular complexity index is 798. The molecular formula is C25H37N3O4. The fourth-order valence-corrected chi connectivity index (χ4v) is 4.71. The summed E-state index contributed by atoms with van der Waals surface area (Å²) in [5.74, 6) is 0.567. The molecule has 1 aromatic carbocycles. The lowest BCUT2D eigenvalue weighted by Crippen LogP contribution is -2.55. The third kappa shape index (κ3) is 6.02. The number of ether oxygens (including phenoxy) is 1. The molecule has 32 heavy (non-hydrogen) atoms. The average Bonchev–Trinajstić information content (AvgIpc) is 3.37. The summed E-state index contributed by atoms with van der Waals surface area (Å²) < 4.78 is 5.22. The van der Waals surface area contributed by atoms with Crippen LogP contribution in [0.1, 0.15) is 69.2 Å². The maximum absolute atomic E-state index is 13.1. The van der Waals surface area contributed by atoms with E-state index in [0.717, 1.165) is 32.1 Å². The minimum absolute atomic E-state index is 0.0127. The Hall–Kier alpha value is -2.57. The molecule has 2 aliphatic rings. The van der Waals surface area contributed by atoms with Crippen molar-refractivity contribution in [2.24, 2.45) is 11.8 Å². The highest BCUT2D eigenvalue weighted by atomic mass is 16.5. The van der Waals surface area contributed by atoms with Crippen molar-refractivity contribution in [3.63, 3.8) is 0 Å². The van der Waals surface area contributed by atoms with Gasteiger partial charge in [0.05, 0.1) is 7.11 Å². The van der Waals surface area contributed by atoms with Crippen molar-refractivity contribution in [1.29, 1.82) is 0 Å². The van der Waals surface area contributed by atoms with Crippen molar-refractivity contribution in [2.45, 2.75) is 70.9 Å². The maximum atomic E-state index is 13.1. The molecule has 2 atom stereocenters.